The van der Waals surface area contributed by atoms with Crippen molar-refractivity contribution >= 4 is 23.1 Å². The number of nitriles is 1. The molecule has 0 aliphatic rings. The van der Waals surface area contributed by atoms with E-state index in [1.54, 1.807) is 13.0 Å². The van der Waals surface area contributed by atoms with E-state index in [0.717, 1.165) is 11.3 Å². The highest BCUT2D eigenvalue weighted by Gasteiger charge is 2.00. The minimum absolute atomic E-state index is 0.408. The van der Waals surface area contributed by atoms with Crippen molar-refractivity contribution in [2.45, 2.75) is 13.3 Å². The lowest BCUT2D eigenvalue weighted by molar-refractivity contribution is 1.06. The first-order chi connectivity index (χ1) is 8.67. The maximum absolute atomic E-state index is 8.59. The first-order valence-electron chi connectivity index (χ1n) is 5.41. The Morgan fingerprint density at radius 3 is 2.61 bits per heavy atom. The number of halogens is 1. The van der Waals surface area contributed by atoms with E-state index in [1.165, 1.54) is 0 Å². The highest BCUT2D eigenvalue weighted by Crippen LogP contribution is 2.18. The molecule has 1 aromatic heterocycles. The molecular weight excluding hydrogens is 248 g/mol. The molecule has 5 heteroatoms. The van der Waals surface area contributed by atoms with Crippen LogP contribution in [0.2, 0.25) is 5.15 Å². The van der Waals surface area contributed by atoms with Gasteiger partial charge in [0, 0.05) is 11.8 Å². The van der Waals surface area contributed by atoms with Crippen LogP contribution in [0.5, 0.6) is 0 Å². The van der Waals surface area contributed by atoms with E-state index < -0.39 is 0 Å². The van der Waals surface area contributed by atoms with Crippen molar-refractivity contribution in [2.24, 2.45) is 0 Å². The van der Waals surface area contributed by atoms with Crippen molar-refractivity contribution in [1.82, 2.24) is 9.97 Å². The molecule has 1 aromatic carbocycles. The minimum Gasteiger partial charge on any atom is -0.340 e. The van der Waals surface area contributed by atoms with Gasteiger partial charge in [-0.05, 0) is 24.6 Å². The minimum atomic E-state index is 0.408. The fourth-order valence-electron chi connectivity index (χ4n) is 1.54. The number of hydrogen-bond donors (Lipinski definition) is 1. The average Bonchev–Trinajstić information content (AvgIpc) is 2.31. The second-order valence-corrected chi connectivity index (χ2v) is 4.17. The molecule has 2 rings (SSSR count). The zero-order valence-electron chi connectivity index (χ0n) is 9.81. The molecule has 0 unspecified atom stereocenters. The molecule has 0 atom stereocenters. The monoisotopic (exact) mass is 258 g/mol. The summed E-state index contributed by atoms with van der Waals surface area (Å²) in [4.78, 5) is 8.22. The summed E-state index contributed by atoms with van der Waals surface area (Å²) in [6, 6.07) is 11.4. The molecule has 0 radical (unpaired) electrons. The van der Waals surface area contributed by atoms with Gasteiger partial charge >= 0.3 is 0 Å². The van der Waals surface area contributed by atoms with Crippen molar-refractivity contribution in [3.63, 3.8) is 0 Å². The van der Waals surface area contributed by atoms with Crippen molar-refractivity contribution in [3.05, 3.63) is 46.9 Å². The van der Waals surface area contributed by atoms with E-state index in [1.807, 2.05) is 24.3 Å². The van der Waals surface area contributed by atoms with Gasteiger partial charge in [-0.15, -0.1) is 0 Å². The van der Waals surface area contributed by atoms with Gasteiger partial charge in [0.2, 0.25) is 0 Å². The number of aryl methyl sites for hydroxylation is 1. The number of nitrogens with zero attached hydrogens (tertiary/aromatic N) is 3. The van der Waals surface area contributed by atoms with E-state index in [2.05, 4.69) is 21.4 Å². The Labute approximate surface area is 110 Å². The average molecular weight is 259 g/mol. The maximum atomic E-state index is 8.59. The van der Waals surface area contributed by atoms with E-state index in [9.17, 15) is 0 Å². The molecule has 0 aliphatic carbocycles. The first-order valence-corrected chi connectivity index (χ1v) is 5.79. The van der Waals surface area contributed by atoms with Crippen LogP contribution in [-0.2, 0) is 6.42 Å². The number of benzene rings is 1. The summed E-state index contributed by atoms with van der Waals surface area (Å²) in [5.41, 5.74) is 1.88. The van der Waals surface area contributed by atoms with Crippen LogP contribution < -0.4 is 5.32 Å². The summed E-state index contributed by atoms with van der Waals surface area (Å²) in [6.45, 7) is 1.78. The Morgan fingerprint density at radius 1 is 1.28 bits per heavy atom. The number of rotatable bonds is 3. The Balaban J connectivity index is 2.16. The molecule has 2 aromatic rings. The fraction of sp³-hybridized carbons (Fsp3) is 0.154. The Morgan fingerprint density at radius 2 is 2.00 bits per heavy atom. The molecular formula is C13H11ClN4. The quantitative estimate of drug-likeness (QED) is 0.859. The van der Waals surface area contributed by atoms with E-state index in [-0.39, 0.29) is 0 Å². The van der Waals surface area contributed by atoms with Crippen LogP contribution >= 0.6 is 11.6 Å². The number of nitrogens with one attached hydrogen (secondary N) is 1. The highest BCUT2D eigenvalue weighted by molar-refractivity contribution is 6.29. The van der Waals surface area contributed by atoms with Crippen LogP contribution in [0, 0.1) is 18.3 Å². The van der Waals surface area contributed by atoms with Gasteiger partial charge in [0.1, 0.15) is 16.8 Å². The molecule has 0 fully saturated rings. The van der Waals surface area contributed by atoms with Crippen molar-refractivity contribution < 1.29 is 0 Å². The van der Waals surface area contributed by atoms with Crippen LogP contribution in [-0.4, -0.2) is 9.97 Å². The lowest BCUT2D eigenvalue weighted by Gasteiger charge is -2.07. The van der Waals surface area contributed by atoms with Crippen molar-refractivity contribution in [2.75, 3.05) is 5.32 Å². The lowest BCUT2D eigenvalue weighted by Crippen LogP contribution is -1.97. The Bertz CT molecular complexity index is 567. The van der Waals surface area contributed by atoms with Gasteiger partial charge in [0.05, 0.1) is 12.5 Å². The summed E-state index contributed by atoms with van der Waals surface area (Å²) >= 11 is 5.86. The van der Waals surface area contributed by atoms with Gasteiger partial charge in [0.15, 0.2) is 0 Å². The Kier molecular flexibility index (Phi) is 3.75. The number of aromatic nitrogens is 2. The molecule has 0 saturated heterocycles. The third-order valence-electron chi connectivity index (χ3n) is 2.32. The normalized spacial score (nSPS) is 9.83. The molecule has 1 heterocycles. The summed E-state index contributed by atoms with van der Waals surface area (Å²) in [5.74, 6) is 1.27. The molecule has 18 heavy (non-hydrogen) atoms. The fourth-order valence-corrected chi connectivity index (χ4v) is 1.77. The van der Waals surface area contributed by atoms with Crippen LogP contribution in [0.25, 0.3) is 0 Å². The third kappa shape index (κ3) is 3.19. The van der Waals surface area contributed by atoms with Crippen molar-refractivity contribution in [1.29, 1.82) is 5.26 Å². The maximum Gasteiger partial charge on any atom is 0.135 e. The molecule has 4 nitrogen and oxygen atoms in total. The van der Waals surface area contributed by atoms with E-state index >= 15 is 0 Å². The standard InChI is InChI=1S/C13H11ClN4/c1-9-16-12(14)8-13(17-9)18-11-4-2-10(3-5-11)6-7-15/h2-5,8H,6H2,1H3,(H,16,17,18). The van der Waals surface area contributed by atoms with Crippen LogP contribution in [0.1, 0.15) is 11.4 Å². The predicted molar refractivity (Wildman–Crippen MR) is 70.8 cm³/mol. The molecule has 1 N–H and O–H groups in total. The van der Waals surface area contributed by atoms with Gasteiger partial charge in [-0.25, -0.2) is 9.97 Å². The van der Waals surface area contributed by atoms with Crippen molar-refractivity contribution in [3.8, 4) is 6.07 Å². The van der Waals surface area contributed by atoms with Crippen LogP contribution in [0.15, 0.2) is 30.3 Å². The van der Waals surface area contributed by atoms with Gasteiger partial charge in [0.25, 0.3) is 0 Å². The largest absolute Gasteiger partial charge is 0.340 e. The van der Waals surface area contributed by atoms with Crippen LogP contribution in [0.4, 0.5) is 11.5 Å². The third-order valence-corrected chi connectivity index (χ3v) is 2.51. The van der Waals surface area contributed by atoms with Gasteiger partial charge in [-0.2, -0.15) is 5.26 Å². The van der Waals surface area contributed by atoms with Crippen LogP contribution in [0.3, 0.4) is 0 Å². The summed E-state index contributed by atoms with van der Waals surface area (Å²) in [6.07, 6.45) is 0.415. The molecule has 0 spiro atoms. The van der Waals surface area contributed by atoms with Gasteiger partial charge < -0.3 is 5.32 Å². The van der Waals surface area contributed by atoms with E-state index in [4.69, 9.17) is 16.9 Å². The molecule has 0 amide bonds. The van der Waals surface area contributed by atoms with Gasteiger partial charge in [-0.1, -0.05) is 23.7 Å². The predicted octanol–water partition coefficient (Wildman–Crippen LogP) is 3.25. The lowest BCUT2D eigenvalue weighted by atomic mass is 10.1. The zero-order chi connectivity index (χ0) is 13.0. The molecule has 90 valence electrons. The van der Waals surface area contributed by atoms with E-state index in [0.29, 0.717) is 23.2 Å². The highest BCUT2D eigenvalue weighted by atomic mass is 35.5. The summed E-state index contributed by atoms with van der Waals surface area (Å²) in [7, 11) is 0. The number of hydrogen-bond acceptors (Lipinski definition) is 4. The Hall–Kier alpha value is -2.12. The second kappa shape index (κ2) is 5.48. The SMILES string of the molecule is Cc1nc(Cl)cc(Nc2ccc(CC#N)cc2)n1. The topological polar surface area (TPSA) is 61.6 Å². The second-order valence-electron chi connectivity index (χ2n) is 3.78. The van der Waals surface area contributed by atoms with Gasteiger partial charge in [-0.3, -0.25) is 0 Å². The molecule has 0 bridgehead atoms. The zero-order valence-corrected chi connectivity index (χ0v) is 10.6. The first kappa shape index (κ1) is 12.3. The molecule has 0 aliphatic heterocycles. The summed E-state index contributed by atoms with van der Waals surface area (Å²) in [5, 5.41) is 12.1. The summed E-state index contributed by atoms with van der Waals surface area (Å²) < 4.78 is 0. The molecule has 0 saturated carbocycles. The smallest absolute Gasteiger partial charge is 0.135 e. The number of anilines is 2.